The maximum absolute atomic E-state index is 14.2. The van der Waals surface area contributed by atoms with Crippen molar-refractivity contribution in [2.75, 3.05) is 33.0 Å². The van der Waals surface area contributed by atoms with Gasteiger partial charge in [-0.2, -0.15) is 0 Å². The number of carbonyl (C=O) groups excluding carboxylic acids is 1. The van der Waals surface area contributed by atoms with Crippen LogP contribution in [0.4, 0.5) is 4.39 Å². The molecule has 4 N–H and O–H groups in total. The predicted molar refractivity (Wildman–Crippen MR) is 123 cm³/mol. The fourth-order valence-corrected chi connectivity index (χ4v) is 5.14. The van der Waals surface area contributed by atoms with Gasteiger partial charge < -0.3 is 25.2 Å². The Hall–Kier alpha value is -2.26. The highest BCUT2D eigenvalue weighted by Gasteiger charge is 2.29. The lowest BCUT2D eigenvalue weighted by molar-refractivity contribution is 0.0956. The number of aromatic amines is 1. The molecule has 0 fully saturated rings. The van der Waals surface area contributed by atoms with Gasteiger partial charge in [0, 0.05) is 35.6 Å². The van der Waals surface area contributed by atoms with Crippen molar-refractivity contribution in [2.24, 2.45) is 5.92 Å². The Labute approximate surface area is 182 Å². The van der Waals surface area contributed by atoms with E-state index in [1.54, 1.807) is 0 Å². The van der Waals surface area contributed by atoms with E-state index in [1.807, 2.05) is 20.1 Å². The van der Waals surface area contributed by atoms with Crippen LogP contribution in [0.25, 0.3) is 16.5 Å². The molecule has 1 aliphatic carbocycles. The largest absolute Gasteiger partial charge is 0.430 e. The molecule has 31 heavy (non-hydrogen) atoms. The summed E-state index contributed by atoms with van der Waals surface area (Å²) in [5.41, 5.74) is 5.41. The van der Waals surface area contributed by atoms with Crippen LogP contribution in [0.3, 0.4) is 0 Å². The first kappa shape index (κ1) is 21.9. The second-order valence-electron chi connectivity index (χ2n) is 9.07. The van der Waals surface area contributed by atoms with E-state index < -0.39 is 14.1 Å². The molecule has 0 saturated heterocycles. The van der Waals surface area contributed by atoms with E-state index >= 15 is 0 Å². The van der Waals surface area contributed by atoms with Gasteiger partial charge in [0.05, 0.1) is 18.4 Å². The minimum Gasteiger partial charge on any atom is -0.430 e. The molecule has 0 radical (unpaired) electrons. The van der Waals surface area contributed by atoms with Crippen molar-refractivity contribution in [1.82, 2.24) is 15.6 Å². The summed E-state index contributed by atoms with van der Waals surface area (Å²) in [6.45, 7) is 5.53. The van der Waals surface area contributed by atoms with Crippen LogP contribution in [0.15, 0.2) is 29.9 Å². The molecule has 8 heteroatoms. The first-order valence-electron chi connectivity index (χ1n) is 10.7. The van der Waals surface area contributed by atoms with Crippen molar-refractivity contribution in [3.63, 3.8) is 0 Å². The molecule has 166 valence electrons. The Balaban J connectivity index is 1.76. The topological polar surface area (TPSA) is 86.4 Å². The van der Waals surface area contributed by atoms with Gasteiger partial charge in [-0.15, -0.1) is 0 Å². The highest BCUT2D eigenvalue weighted by molar-refractivity contribution is 6.69. The van der Waals surface area contributed by atoms with Gasteiger partial charge in [-0.1, -0.05) is 17.7 Å². The number of aromatic nitrogens is 1. The zero-order valence-corrected chi connectivity index (χ0v) is 19.3. The number of H-pyrrole nitrogens is 1. The van der Waals surface area contributed by atoms with Crippen molar-refractivity contribution in [3.8, 4) is 0 Å². The Kier molecular flexibility index (Phi) is 6.16. The lowest BCUT2D eigenvalue weighted by Crippen LogP contribution is -2.34. The Morgan fingerprint density at radius 3 is 2.87 bits per heavy atom. The second-order valence-corrected chi connectivity index (χ2v) is 13.0. The Morgan fingerprint density at radius 1 is 1.32 bits per heavy atom. The number of hydrogen-bond acceptors (Lipinski definition) is 4. The quantitative estimate of drug-likeness (QED) is 0.496. The summed E-state index contributed by atoms with van der Waals surface area (Å²) in [7, 11) is -0.375. The fraction of sp³-hybridized carbons (Fsp3) is 0.435. The molecule has 1 aromatic heterocycles. The van der Waals surface area contributed by atoms with Crippen LogP contribution < -0.4 is 10.6 Å². The molecular weight excluding hydrogens is 413 g/mol. The minimum atomic E-state index is -2.30. The average Bonchev–Trinajstić information content (AvgIpc) is 2.95. The highest BCUT2D eigenvalue weighted by atomic mass is 28.4. The summed E-state index contributed by atoms with van der Waals surface area (Å²) in [5, 5.41) is 6.89. The molecule has 1 atom stereocenters. The number of halogens is 1. The van der Waals surface area contributed by atoms with Crippen molar-refractivity contribution in [3.05, 3.63) is 52.5 Å². The zero-order valence-electron chi connectivity index (χ0n) is 18.3. The van der Waals surface area contributed by atoms with Crippen LogP contribution in [-0.4, -0.2) is 57.0 Å². The first-order chi connectivity index (χ1) is 14.8. The van der Waals surface area contributed by atoms with E-state index in [-0.39, 0.29) is 11.8 Å². The van der Waals surface area contributed by atoms with E-state index in [4.69, 9.17) is 4.74 Å². The standard InChI is InChI=1S/C23H30FN3O3Si/c1-25-11-14-4-5-17(15(8-14)12-30-13-31(2,3)29)22-18-6-7-26-23(28)19-9-16(24)10-20(27-22)21(18)19/h4-5,9-10,15,25,27,29H,6-8,11-13H2,1-3H3,(H,26,28). The predicted octanol–water partition coefficient (Wildman–Crippen LogP) is 2.90. The normalized spacial score (nSPS) is 19.1. The average molecular weight is 444 g/mol. The van der Waals surface area contributed by atoms with Crippen molar-refractivity contribution >= 4 is 30.7 Å². The molecule has 4 rings (SSSR count). The summed E-state index contributed by atoms with van der Waals surface area (Å²) < 4.78 is 20.2. The third-order valence-electron chi connectivity index (χ3n) is 5.79. The molecule has 1 unspecified atom stereocenters. The van der Waals surface area contributed by atoms with Gasteiger partial charge in [0.2, 0.25) is 8.32 Å². The third kappa shape index (κ3) is 4.67. The number of nitrogens with one attached hydrogen (secondary N) is 3. The molecular formula is C23H30FN3O3Si. The maximum Gasteiger partial charge on any atom is 0.252 e. The van der Waals surface area contributed by atoms with Crippen molar-refractivity contribution in [1.29, 1.82) is 0 Å². The highest BCUT2D eigenvalue weighted by Crippen LogP contribution is 2.39. The van der Waals surface area contributed by atoms with E-state index in [1.165, 1.54) is 17.7 Å². The van der Waals surface area contributed by atoms with Crippen LogP contribution in [-0.2, 0) is 11.2 Å². The molecule has 2 heterocycles. The Morgan fingerprint density at radius 2 is 2.13 bits per heavy atom. The van der Waals surface area contributed by atoms with Gasteiger partial charge in [-0.05, 0) is 56.3 Å². The lowest BCUT2D eigenvalue weighted by atomic mass is 9.84. The van der Waals surface area contributed by atoms with Crippen molar-refractivity contribution in [2.45, 2.75) is 25.9 Å². The van der Waals surface area contributed by atoms with Gasteiger partial charge >= 0.3 is 0 Å². The van der Waals surface area contributed by atoms with Crippen LogP contribution >= 0.6 is 0 Å². The van der Waals surface area contributed by atoms with Gasteiger partial charge in [0.15, 0.2) is 0 Å². The van der Waals surface area contributed by atoms with Gasteiger partial charge in [0.25, 0.3) is 5.91 Å². The molecule has 0 bridgehead atoms. The fourth-order valence-electron chi connectivity index (χ4n) is 4.52. The molecule has 2 aliphatic rings. The van der Waals surface area contributed by atoms with E-state index in [9.17, 15) is 14.0 Å². The molecule has 2 aromatic rings. The molecule has 1 aliphatic heterocycles. The lowest BCUT2D eigenvalue weighted by Gasteiger charge is -2.26. The number of ether oxygens (including phenoxy) is 1. The molecule has 1 amide bonds. The summed E-state index contributed by atoms with van der Waals surface area (Å²) in [6.07, 6.45) is 6.15. The summed E-state index contributed by atoms with van der Waals surface area (Å²) in [6, 6.07) is 2.78. The van der Waals surface area contributed by atoms with Crippen LogP contribution in [0.5, 0.6) is 0 Å². The number of benzene rings is 1. The summed E-state index contributed by atoms with van der Waals surface area (Å²) >= 11 is 0. The van der Waals surface area contributed by atoms with Crippen LogP contribution in [0, 0.1) is 11.7 Å². The van der Waals surface area contributed by atoms with Gasteiger partial charge in [0.1, 0.15) is 5.82 Å². The molecule has 0 saturated carbocycles. The number of carbonyl (C=O) groups is 1. The summed E-state index contributed by atoms with van der Waals surface area (Å²) in [4.78, 5) is 26.1. The number of allylic oxidation sites excluding steroid dienone is 2. The summed E-state index contributed by atoms with van der Waals surface area (Å²) in [5.74, 6) is -0.561. The zero-order chi connectivity index (χ0) is 22.2. The van der Waals surface area contributed by atoms with E-state index in [0.717, 1.165) is 35.2 Å². The van der Waals surface area contributed by atoms with Gasteiger partial charge in [-0.3, -0.25) is 4.79 Å². The monoisotopic (exact) mass is 443 g/mol. The number of amides is 1. The molecule has 0 spiro atoms. The molecule has 6 nitrogen and oxygen atoms in total. The third-order valence-corrected chi connectivity index (χ3v) is 6.70. The van der Waals surface area contributed by atoms with Crippen molar-refractivity contribution < 1.29 is 18.7 Å². The first-order valence-corrected chi connectivity index (χ1v) is 13.9. The molecule has 1 aromatic carbocycles. The number of rotatable bonds is 7. The smallest absolute Gasteiger partial charge is 0.252 e. The number of hydrogen-bond donors (Lipinski definition) is 4. The Bertz CT molecular complexity index is 1070. The SMILES string of the molecule is CNCC1=CC=C(c2[nH]c3cc(F)cc4c3c2CCNC4=O)C(COC[Si](C)(C)O)C1. The van der Waals surface area contributed by atoms with Crippen LogP contribution in [0.2, 0.25) is 13.1 Å². The second kappa shape index (κ2) is 8.70. The number of likely N-dealkylation sites (N-methyl/N-ethyl adjacent to an activating group) is 1. The van der Waals surface area contributed by atoms with Gasteiger partial charge in [-0.25, -0.2) is 4.39 Å². The minimum absolute atomic E-state index is 0.106. The van der Waals surface area contributed by atoms with E-state index in [2.05, 4.69) is 27.8 Å². The van der Waals surface area contributed by atoms with E-state index in [0.29, 0.717) is 36.9 Å². The maximum atomic E-state index is 14.2. The van der Waals surface area contributed by atoms with Crippen LogP contribution in [0.1, 0.15) is 28.0 Å².